The standard InChI is InChI=1S/C16H24N2O2S/c1-5-10-17-13-14-8-9-15(7-3)16(12-14)21(19,20)18(4)11-6-2/h2,8-9,12,17H,5,7,10-11,13H2,1,3-4H3. The van der Waals surface area contributed by atoms with E-state index in [1.54, 1.807) is 6.07 Å². The molecule has 0 aromatic heterocycles. The van der Waals surface area contributed by atoms with Crippen LogP contribution in [0.1, 0.15) is 31.4 Å². The van der Waals surface area contributed by atoms with Crippen LogP contribution in [0.3, 0.4) is 0 Å². The van der Waals surface area contributed by atoms with Gasteiger partial charge in [-0.05, 0) is 36.6 Å². The van der Waals surface area contributed by atoms with Gasteiger partial charge in [-0.1, -0.05) is 31.9 Å². The van der Waals surface area contributed by atoms with Gasteiger partial charge in [-0.25, -0.2) is 8.42 Å². The van der Waals surface area contributed by atoms with Gasteiger partial charge >= 0.3 is 0 Å². The van der Waals surface area contributed by atoms with Crippen LogP contribution < -0.4 is 5.32 Å². The van der Waals surface area contributed by atoms with E-state index in [9.17, 15) is 8.42 Å². The molecule has 5 heteroatoms. The van der Waals surface area contributed by atoms with Crippen LogP contribution >= 0.6 is 0 Å². The normalized spacial score (nSPS) is 11.6. The van der Waals surface area contributed by atoms with E-state index in [-0.39, 0.29) is 6.54 Å². The maximum Gasteiger partial charge on any atom is 0.243 e. The topological polar surface area (TPSA) is 49.4 Å². The van der Waals surface area contributed by atoms with Crippen LogP contribution in [-0.4, -0.2) is 32.9 Å². The molecule has 0 saturated heterocycles. The Hall–Kier alpha value is -1.35. The zero-order chi connectivity index (χ0) is 15.9. The Labute approximate surface area is 128 Å². The molecule has 0 atom stereocenters. The van der Waals surface area contributed by atoms with Gasteiger partial charge in [-0.3, -0.25) is 0 Å². The van der Waals surface area contributed by atoms with E-state index < -0.39 is 10.0 Å². The van der Waals surface area contributed by atoms with Crippen molar-refractivity contribution >= 4 is 10.0 Å². The number of nitrogens with one attached hydrogen (secondary N) is 1. The maximum atomic E-state index is 12.6. The first-order valence-electron chi connectivity index (χ1n) is 7.19. The first kappa shape index (κ1) is 17.7. The van der Waals surface area contributed by atoms with E-state index in [1.807, 2.05) is 19.1 Å². The quantitative estimate of drug-likeness (QED) is 0.590. The molecule has 0 aliphatic heterocycles. The highest BCUT2D eigenvalue weighted by Crippen LogP contribution is 2.21. The Bertz CT molecular complexity index is 603. The number of aryl methyl sites for hydroxylation is 1. The highest BCUT2D eigenvalue weighted by molar-refractivity contribution is 7.89. The second-order valence-corrected chi connectivity index (χ2v) is 6.95. The molecule has 116 valence electrons. The van der Waals surface area contributed by atoms with Crippen molar-refractivity contribution < 1.29 is 8.42 Å². The minimum atomic E-state index is -3.53. The van der Waals surface area contributed by atoms with Crippen molar-refractivity contribution in [3.8, 4) is 12.3 Å². The van der Waals surface area contributed by atoms with Crippen molar-refractivity contribution in [1.29, 1.82) is 0 Å². The number of benzene rings is 1. The molecule has 1 N–H and O–H groups in total. The van der Waals surface area contributed by atoms with Crippen LogP contribution in [-0.2, 0) is 23.0 Å². The van der Waals surface area contributed by atoms with E-state index in [4.69, 9.17) is 6.42 Å². The van der Waals surface area contributed by atoms with E-state index >= 15 is 0 Å². The van der Waals surface area contributed by atoms with E-state index in [0.717, 1.165) is 24.1 Å². The highest BCUT2D eigenvalue weighted by Gasteiger charge is 2.23. The van der Waals surface area contributed by atoms with Crippen LogP contribution in [0.4, 0.5) is 0 Å². The largest absolute Gasteiger partial charge is 0.313 e. The van der Waals surface area contributed by atoms with Gasteiger partial charge in [0.25, 0.3) is 0 Å². The van der Waals surface area contributed by atoms with Crippen LogP contribution in [0, 0.1) is 12.3 Å². The van der Waals surface area contributed by atoms with Crippen LogP contribution in [0.5, 0.6) is 0 Å². The molecule has 0 heterocycles. The fraction of sp³-hybridized carbons (Fsp3) is 0.500. The van der Waals surface area contributed by atoms with Gasteiger partial charge in [0.1, 0.15) is 0 Å². The molecular weight excluding hydrogens is 284 g/mol. The SMILES string of the molecule is C#CCN(C)S(=O)(=O)c1cc(CNCCC)ccc1CC. The molecule has 0 aliphatic carbocycles. The summed E-state index contributed by atoms with van der Waals surface area (Å²) in [6.45, 7) is 5.69. The maximum absolute atomic E-state index is 12.6. The lowest BCUT2D eigenvalue weighted by molar-refractivity contribution is 0.502. The van der Waals surface area contributed by atoms with Crippen molar-refractivity contribution in [3.05, 3.63) is 29.3 Å². The van der Waals surface area contributed by atoms with Crippen LogP contribution in [0.2, 0.25) is 0 Å². The molecule has 1 aromatic carbocycles. The molecular formula is C16H24N2O2S. The molecule has 0 fully saturated rings. The van der Waals surface area contributed by atoms with Crippen LogP contribution in [0.25, 0.3) is 0 Å². The van der Waals surface area contributed by atoms with Gasteiger partial charge in [-0.15, -0.1) is 6.42 Å². The molecule has 0 saturated carbocycles. The van der Waals surface area contributed by atoms with E-state index in [1.165, 1.54) is 11.4 Å². The van der Waals surface area contributed by atoms with Gasteiger partial charge in [0, 0.05) is 13.6 Å². The first-order valence-corrected chi connectivity index (χ1v) is 8.63. The molecule has 0 spiro atoms. The van der Waals surface area contributed by atoms with Gasteiger partial charge in [-0.2, -0.15) is 4.31 Å². The minimum absolute atomic E-state index is 0.0732. The predicted molar refractivity (Wildman–Crippen MR) is 86.5 cm³/mol. The lowest BCUT2D eigenvalue weighted by Crippen LogP contribution is -2.28. The summed E-state index contributed by atoms with van der Waals surface area (Å²) in [6.07, 6.45) is 6.93. The predicted octanol–water partition coefficient (Wildman–Crippen LogP) is 2.00. The number of rotatable bonds is 8. The lowest BCUT2D eigenvalue weighted by Gasteiger charge is -2.18. The third kappa shape index (κ3) is 4.57. The summed E-state index contributed by atoms with van der Waals surface area (Å²) < 4.78 is 26.4. The molecule has 21 heavy (non-hydrogen) atoms. The first-order chi connectivity index (χ1) is 9.97. The van der Waals surface area contributed by atoms with E-state index in [0.29, 0.717) is 17.9 Å². The fourth-order valence-corrected chi connectivity index (χ4v) is 3.46. The summed E-state index contributed by atoms with van der Waals surface area (Å²) in [6, 6.07) is 5.62. The second-order valence-electron chi connectivity index (χ2n) is 4.94. The van der Waals surface area contributed by atoms with Gasteiger partial charge in [0.2, 0.25) is 10.0 Å². The lowest BCUT2D eigenvalue weighted by atomic mass is 10.1. The highest BCUT2D eigenvalue weighted by atomic mass is 32.2. The smallest absolute Gasteiger partial charge is 0.243 e. The Morgan fingerprint density at radius 3 is 2.62 bits per heavy atom. The number of terminal acetylenes is 1. The molecule has 4 nitrogen and oxygen atoms in total. The summed E-state index contributed by atoms with van der Waals surface area (Å²) in [5.41, 5.74) is 1.78. The zero-order valence-corrected chi connectivity index (χ0v) is 13.8. The molecule has 0 radical (unpaired) electrons. The summed E-state index contributed by atoms with van der Waals surface area (Å²) in [4.78, 5) is 0.360. The minimum Gasteiger partial charge on any atom is -0.313 e. The third-order valence-electron chi connectivity index (χ3n) is 3.27. The van der Waals surface area contributed by atoms with Gasteiger partial charge < -0.3 is 5.32 Å². The molecule has 0 bridgehead atoms. The Morgan fingerprint density at radius 2 is 2.05 bits per heavy atom. The Kier molecular flexibility index (Phi) is 6.90. The third-order valence-corrected chi connectivity index (χ3v) is 5.16. The van der Waals surface area contributed by atoms with Crippen molar-refractivity contribution in [2.24, 2.45) is 0 Å². The Balaban J connectivity index is 3.14. The molecule has 0 aliphatic rings. The number of nitrogens with zero attached hydrogens (tertiary/aromatic N) is 1. The fourth-order valence-electron chi connectivity index (χ4n) is 2.03. The molecule has 0 unspecified atom stereocenters. The van der Waals surface area contributed by atoms with Crippen LogP contribution in [0.15, 0.2) is 23.1 Å². The van der Waals surface area contributed by atoms with Crippen molar-refractivity contribution in [2.75, 3.05) is 20.1 Å². The summed E-state index contributed by atoms with van der Waals surface area (Å²) in [7, 11) is -2.02. The number of sulfonamides is 1. The average molecular weight is 308 g/mol. The average Bonchev–Trinajstić information content (AvgIpc) is 2.47. The second kappa shape index (κ2) is 8.18. The summed E-state index contributed by atoms with van der Waals surface area (Å²) >= 11 is 0. The molecule has 1 rings (SSSR count). The van der Waals surface area contributed by atoms with Gasteiger partial charge in [0.15, 0.2) is 0 Å². The zero-order valence-electron chi connectivity index (χ0n) is 13.0. The number of hydrogen-bond donors (Lipinski definition) is 1. The van der Waals surface area contributed by atoms with Crippen molar-refractivity contribution in [2.45, 2.75) is 38.1 Å². The summed E-state index contributed by atoms with van der Waals surface area (Å²) in [5, 5.41) is 3.28. The van der Waals surface area contributed by atoms with Crippen molar-refractivity contribution in [3.63, 3.8) is 0 Å². The monoisotopic (exact) mass is 308 g/mol. The molecule has 1 aromatic rings. The summed E-state index contributed by atoms with van der Waals surface area (Å²) in [5.74, 6) is 2.37. The molecule has 0 amide bonds. The van der Waals surface area contributed by atoms with E-state index in [2.05, 4.69) is 18.2 Å². The van der Waals surface area contributed by atoms with Gasteiger partial charge in [0.05, 0.1) is 11.4 Å². The van der Waals surface area contributed by atoms with Crippen molar-refractivity contribution in [1.82, 2.24) is 9.62 Å². The number of hydrogen-bond acceptors (Lipinski definition) is 3. The Morgan fingerprint density at radius 1 is 1.33 bits per heavy atom.